The van der Waals surface area contributed by atoms with Gasteiger partial charge in [-0.25, -0.2) is 0 Å². The van der Waals surface area contributed by atoms with Gasteiger partial charge in [-0.1, -0.05) is 90.1 Å². The van der Waals surface area contributed by atoms with Gasteiger partial charge in [-0.15, -0.1) is 0 Å². The van der Waals surface area contributed by atoms with Gasteiger partial charge in [0.1, 0.15) is 5.84 Å². The van der Waals surface area contributed by atoms with E-state index in [9.17, 15) is 0 Å². The van der Waals surface area contributed by atoms with Crippen molar-refractivity contribution in [3.63, 3.8) is 0 Å². The molecule has 0 aliphatic rings. The maximum Gasteiger partial charge on any atom is 0.101 e. The molecule has 0 spiro atoms. The first-order valence-electron chi connectivity index (χ1n) is 10.7. The fraction of sp³-hybridized carbons (Fsp3) is 0.500. The molecular formula is C26H38N2. The Morgan fingerprint density at radius 2 is 1.14 bits per heavy atom. The summed E-state index contributed by atoms with van der Waals surface area (Å²) in [5.74, 6) is 2.60. The SMILES string of the molecule is CC(C)Cc1ccc([C@H](C)CN=C(N)[C@H](C)c2ccc(CC(C)C)cc2)cc1. The lowest BCUT2D eigenvalue weighted by Crippen LogP contribution is -2.21. The molecule has 152 valence electrons. The maximum absolute atomic E-state index is 6.32. The van der Waals surface area contributed by atoms with Gasteiger partial charge in [0.15, 0.2) is 0 Å². The summed E-state index contributed by atoms with van der Waals surface area (Å²) < 4.78 is 0. The first-order valence-corrected chi connectivity index (χ1v) is 10.7. The second kappa shape index (κ2) is 10.5. The van der Waals surface area contributed by atoms with Gasteiger partial charge < -0.3 is 5.73 Å². The molecule has 0 heterocycles. The van der Waals surface area contributed by atoms with E-state index in [2.05, 4.69) is 90.1 Å². The Hall–Kier alpha value is -2.09. The highest BCUT2D eigenvalue weighted by atomic mass is 14.9. The van der Waals surface area contributed by atoms with Gasteiger partial charge in [-0.3, -0.25) is 4.99 Å². The Kier molecular flexibility index (Phi) is 8.29. The zero-order valence-electron chi connectivity index (χ0n) is 18.6. The Morgan fingerprint density at radius 3 is 1.57 bits per heavy atom. The quantitative estimate of drug-likeness (QED) is 0.401. The van der Waals surface area contributed by atoms with Gasteiger partial charge in [0, 0.05) is 18.4 Å². The Bertz CT molecular complexity index is 739. The molecule has 2 aromatic rings. The molecule has 2 heteroatoms. The summed E-state index contributed by atoms with van der Waals surface area (Å²) in [6.07, 6.45) is 2.25. The van der Waals surface area contributed by atoms with E-state index in [4.69, 9.17) is 10.7 Å². The molecular weight excluding hydrogens is 340 g/mol. The molecule has 2 aromatic carbocycles. The highest BCUT2D eigenvalue weighted by Gasteiger charge is 2.12. The van der Waals surface area contributed by atoms with E-state index < -0.39 is 0 Å². The van der Waals surface area contributed by atoms with Gasteiger partial charge in [-0.2, -0.15) is 0 Å². The molecule has 0 bridgehead atoms. The van der Waals surface area contributed by atoms with Crippen molar-refractivity contribution in [3.05, 3.63) is 70.8 Å². The van der Waals surface area contributed by atoms with Gasteiger partial charge in [0.25, 0.3) is 0 Å². The second-order valence-corrected chi connectivity index (χ2v) is 9.07. The zero-order chi connectivity index (χ0) is 20.7. The molecule has 0 aliphatic heterocycles. The van der Waals surface area contributed by atoms with E-state index in [-0.39, 0.29) is 5.92 Å². The smallest absolute Gasteiger partial charge is 0.101 e. The van der Waals surface area contributed by atoms with Crippen LogP contribution in [0.3, 0.4) is 0 Å². The zero-order valence-corrected chi connectivity index (χ0v) is 18.6. The Balaban J connectivity index is 1.96. The first kappa shape index (κ1) is 22.2. The van der Waals surface area contributed by atoms with Crippen LogP contribution in [0.1, 0.15) is 75.6 Å². The second-order valence-electron chi connectivity index (χ2n) is 9.07. The Labute approximate surface area is 172 Å². The maximum atomic E-state index is 6.32. The summed E-state index contributed by atoms with van der Waals surface area (Å²) in [7, 11) is 0. The normalized spacial score (nSPS) is 14.5. The minimum Gasteiger partial charge on any atom is -0.387 e. The van der Waals surface area contributed by atoms with Crippen LogP contribution in [0.15, 0.2) is 53.5 Å². The summed E-state index contributed by atoms with van der Waals surface area (Å²) in [6, 6.07) is 17.8. The van der Waals surface area contributed by atoms with Crippen molar-refractivity contribution in [1.29, 1.82) is 0 Å². The number of amidine groups is 1. The van der Waals surface area contributed by atoms with Gasteiger partial charge in [-0.05, 0) is 46.9 Å². The van der Waals surface area contributed by atoms with Crippen LogP contribution in [0.5, 0.6) is 0 Å². The first-order chi connectivity index (χ1) is 13.3. The van der Waals surface area contributed by atoms with E-state index in [1.165, 1.54) is 22.3 Å². The molecule has 28 heavy (non-hydrogen) atoms. The third kappa shape index (κ3) is 6.82. The molecule has 2 atom stereocenters. The number of nitrogens with zero attached hydrogens (tertiary/aromatic N) is 1. The van der Waals surface area contributed by atoms with Crippen molar-refractivity contribution in [2.45, 2.75) is 66.2 Å². The van der Waals surface area contributed by atoms with Gasteiger partial charge in [0.05, 0.1) is 0 Å². The fourth-order valence-corrected chi connectivity index (χ4v) is 3.52. The molecule has 0 aliphatic carbocycles. The summed E-state index contributed by atoms with van der Waals surface area (Å²) in [4.78, 5) is 4.71. The van der Waals surface area contributed by atoms with Crippen molar-refractivity contribution < 1.29 is 0 Å². The molecule has 2 nitrogen and oxygen atoms in total. The molecule has 0 saturated heterocycles. The third-order valence-corrected chi connectivity index (χ3v) is 5.31. The van der Waals surface area contributed by atoms with Crippen molar-refractivity contribution in [2.24, 2.45) is 22.6 Å². The highest BCUT2D eigenvalue weighted by molar-refractivity contribution is 5.87. The standard InChI is InChI=1S/C26H38N2/c1-18(2)15-22-7-11-24(12-8-22)20(5)17-28-26(27)21(6)25-13-9-23(10-14-25)16-19(3)4/h7-14,18-21H,15-17H2,1-6H3,(H2,27,28)/t20-,21-/m1/s1. The lowest BCUT2D eigenvalue weighted by atomic mass is 9.95. The molecule has 0 amide bonds. The van der Waals surface area contributed by atoms with Crippen LogP contribution >= 0.6 is 0 Å². The van der Waals surface area contributed by atoms with E-state index in [1.807, 2.05) is 0 Å². The Morgan fingerprint density at radius 1 is 0.714 bits per heavy atom. The largest absolute Gasteiger partial charge is 0.387 e. The lowest BCUT2D eigenvalue weighted by Gasteiger charge is -2.15. The minimum atomic E-state index is 0.147. The summed E-state index contributed by atoms with van der Waals surface area (Å²) in [6.45, 7) is 14.1. The fourth-order valence-electron chi connectivity index (χ4n) is 3.52. The number of nitrogens with two attached hydrogens (primary N) is 1. The molecule has 2 N–H and O–H groups in total. The van der Waals surface area contributed by atoms with Crippen molar-refractivity contribution in [3.8, 4) is 0 Å². The van der Waals surface area contributed by atoms with Crippen molar-refractivity contribution in [1.82, 2.24) is 0 Å². The number of hydrogen-bond donors (Lipinski definition) is 1. The van der Waals surface area contributed by atoms with Crippen LogP contribution in [0.25, 0.3) is 0 Å². The molecule has 0 radical (unpaired) electrons. The molecule has 0 aromatic heterocycles. The van der Waals surface area contributed by atoms with Crippen LogP contribution in [0.2, 0.25) is 0 Å². The topological polar surface area (TPSA) is 38.4 Å². The van der Waals surface area contributed by atoms with Crippen LogP contribution in [-0.4, -0.2) is 12.4 Å². The lowest BCUT2D eigenvalue weighted by molar-refractivity contribution is 0.646. The van der Waals surface area contributed by atoms with Crippen LogP contribution < -0.4 is 5.73 Å². The number of aliphatic imine (C=N–C) groups is 1. The number of hydrogen-bond acceptors (Lipinski definition) is 1. The van der Waals surface area contributed by atoms with E-state index in [0.29, 0.717) is 17.8 Å². The minimum absolute atomic E-state index is 0.147. The highest BCUT2D eigenvalue weighted by Crippen LogP contribution is 2.20. The average molecular weight is 379 g/mol. The van der Waals surface area contributed by atoms with Crippen molar-refractivity contribution in [2.75, 3.05) is 6.54 Å². The summed E-state index contributed by atoms with van der Waals surface area (Å²) in [5, 5.41) is 0. The summed E-state index contributed by atoms with van der Waals surface area (Å²) in [5.41, 5.74) is 11.7. The van der Waals surface area contributed by atoms with E-state index in [0.717, 1.165) is 25.2 Å². The monoisotopic (exact) mass is 378 g/mol. The van der Waals surface area contributed by atoms with E-state index >= 15 is 0 Å². The van der Waals surface area contributed by atoms with Crippen LogP contribution in [-0.2, 0) is 12.8 Å². The molecule has 0 unspecified atom stereocenters. The molecule has 2 rings (SSSR count). The predicted octanol–water partition coefficient (Wildman–Crippen LogP) is 6.35. The van der Waals surface area contributed by atoms with E-state index in [1.54, 1.807) is 0 Å². The van der Waals surface area contributed by atoms with Crippen LogP contribution in [0.4, 0.5) is 0 Å². The van der Waals surface area contributed by atoms with Gasteiger partial charge in [0.2, 0.25) is 0 Å². The van der Waals surface area contributed by atoms with Crippen molar-refractivity contribution >= 4 is 5.84 Å². The molecule has 0 saturated carbocycles. The number of rotatable bonds is 9. The van der Waals surface area contributed by atoms with Crippen LogP contribution in [0, 0.1) is 11.8 Å². The number of benzene rings is 2. The third-order valence-electron chi connectivity index (χ3n) is 5.31. The predicted molar refractivity (Wildman–Crippen MR) is 123 cm³/mol. The average Bonchev–Trinajstić information content (AvgIpc) is 2.65. The molecule has 0 fully saturated rings. The summed E-state index contributed by atoms with van der Waals surface area (Å²) >= 11 is 0. The van der Waals surface area contributed by atoms with Gasteiger partial charge >= 0.3 is 0 Å².